The summed E-state index contributed by atoms with van der Waals surface area (Å²) in [4.78, 5) is 17.2. The molecule has 19 heavy (non-hydrogen) atoms. The molecule has 2 aromatic heterocycles. The molecule has 1 aliphatic rings. The van der Waals surface area contributed by atoms with Gasteiger partial charge in [-0.3, -0.25) is 9.36 Å². The molecular weight excluding hydrogens is 276 g/mol. The molecule has 4 rings (SSSR count). The lowest BCUT2D eigenvalue weighted by Crippen LogP contribution is -2.24. The molecule has 1 aliphatic heterocycles. The average molecular weight is 286 g/mol. The molecule has 0 radical (unpaired) electrons. The number of rotatable bonds is 1. The van der Waals surface area contributed by atoms with E-state index < -0.39 is 0 Å². The van der Waals surface area contributed by atoms with E-state index in [4.69, 9.17) is 0 Å². The van der Waals surface area contributed by atoms with E-state index in [0.29, 0.717) is 0 Å². The van der Waals surface area contributed by atoms with Crippen molar-refractivity contribution in [2.45, 2.75) is 11.2 Å². The average Bonchev–Trinajstić information content (AvgIpc) is 3.06. The summed E-state index contributed by atoms with van der Waals surface area (Å²) in [6, 6.07) is 12.2. The SMILES string of the molecule is O=c1c2sccc2nc2n1C(c1ccccc1)CS2. The molecule has 0 saturated carbocycles. The molecule has 0 N–H and O–H groups in total. The number of thioether (sulfide) groups is 1. The minimum atomic E-state index is 0.0915. The number of benzene rings is 1. The topological polar surface area (TPSA) is 34.9 Å². The maximum absolute atomic E-state index is 12.6. The Morgan fingerprint density at radius 2 is 2.05 bits per heavy atom. The number of hydrogen-bond acceptors (Lipinski definition) is 4. The Balaban J connectivity index is 1.97. The van der Waals surface area contributed by atoms with Gasteiger partial charge in [0.2, 0.25) is 0 Å². The summed E-state index contributed by atoms with van der Waals surface area (Å²) >= 11 is 3.13. The zero-order valence-electron chi connectivity index (χ0n) is 9.95. The van der Waals surface area contributed by atoms with Crippen molar-refractivity contribution >= 4 is 33.3 Å². The molecule has 3 heterocycles. The van der Waals surface area contributed by atoms with Gasteiger partial charge in [0, 0.05) is 5.75 Å². The summed E-state index contributed by atoms with van der Waals surface area (Å²) in [5.41, 5.74) is 2.09. The smallest absolute Gasteiger partial charge is 0.272 e. The Kier molecular flexibility index (Phi) is 2.50. The molecule has 5 heteroatoms. The van der Waals surface area contributed by atoms with Crippen LogP contribution in [0.25, 0.3) is 10.2 Å². The van der Waals surface area contributed by atoms with E-state index in [2.05, 4.69) is 17.1 Å². The van der Waals surface area contributed by atoms with Gasteiger partial charge in [-0.2, -0.15) is 0 Å². The molecule has 3 aromatic rings. The quantitative estimate of drug-likeness (QED) is 0.645. The first-order chi connectivity index (χ1) is 9.34. The van der Waals surface area contributed by atoms with Crippen molar-refractivity contribution in [3.05, 3.63) is 57.7 Å². The van der Waals surface area contributed by atoms with Crippen molar-refractivity contribution in [2.24, 2.45) is 0 Å². The van der Waals surface area contributed by atoms with Crippen LogP contribution in [0.1, 0.15) is 11.6 Å². The van der Waals surface area contributed by atoms with Crippen molar-refractivity contribution < 1.29 is 0 Å². The van der Waals surface area contributed by atoms with Crippen LogP contribution in [-0.2, 0) is 0 Å². The van der Waals surface area contributed by atoms with Crippen LogP contribution in [0, 0.1) is 0 Å². The van der Waals surface area contributed by atoms with Crippen molar-refractivity contribution in [1.29, 1.82) is 0 Å². The number of nitrogens with zero attached hydrogens (tertiary/aromatic N) is 2. The third kappa shape index (κ3) is 1.65. The van der Waals surface area contributed by atoms with Crippen LogP contribution in [0.4, 0.5) is 0 Å². The van der Waals surface area contributed by atoms with Gasteiger partial charge in [0.1, 0.15) is 4.70 Å². The molecule has 94 valence electrons. The summed E-state index contributed by atoms with van der Waals surface area (Å²) in [6.45, 7) is 0. The summed E-state index contributed by atoms with van der Waals surface area (Å²) in [5, 5.41) is 2.77. The third-order valence-electron chi connectivity index (χ3n) is 3.35. The fraction of sp³-hybridized carbons (Fsp3) is 0.143. The number of fused-ring (bicyclic) bond motifs is 2. The van der Waals surface area contributed by atoms with E-state index in [0.717, 1.165) is 21.1 Å². The standard InChI is InChI=1S/C14H10N2OS2/c17-13-12-10(6-7-18-12)15-14-16(13)11(8-19-14)9-4-2-1-3-5-9/h1-7,11H,8H2. The second-order valence-corrected chi connectivity index (χ2v) is 6.35. The largest absolute Gasteiger partial charge is 0.278 e. The van der Waals surface area contributed by atoms with E-state index in [1.807, 2.05) is 34.2 Å². The molecule has 1 aromatic carbocycles. The predicted octanol–water partition coefficient (Wildman–Crippen LogP) is 3.15. The van der Waals surface area contributed by atoms with Crippen LogP contribution < -0.4 is 5.56 Å². The highest BCUT2D eigenvalue weighted by Crippen LogP contribution is 2.35. The molecular formula is C14H10N2OS2. The fourth-order valence-corrected chi connectivity index (χ4v) is 4.36. The van der Waals surface area contributed by atoms with Gasteiger partial charge in [0.25, 0.3) is 5.56 Å². The lowest BCUT2D eigenvalue weighted by atomic mass is 10.1. The van der Waals surface area contributed by atoms with Crippen LogP contribution in [-0.4, -0.2) is 15.3 Å². The molecule has 0 amide bonds. The molecule has 1 unspecified atom stereocenters. The van der Waals surface area contributed by atoms with E-state index in [1.165, 1.54) is 16.9 Å². The van der Waals surface area contributed by atoms with Crippen molar-refractivity contribution in [1.82, 2.24) is 9.55 Å². The van der Waals surface area contributed by atoms with E-state index in [1.54, 1.807) is 11.8 Å². The van der Waals surface area contributed by atoms with Gasteiger partial charge in [0.15, 0.2) is 5.16 Å². The minimum Gasteiger partial charge on any atom is -0.278 e. The van der Waals surface area contributed by atoms with E-state index in [9.17, 15) is 4.79 Å². The molecule has 0 spiro atoms. The van der Waals surface area contributed by atoms with Crippen molar-refractivity contribution in [3.63, 3.8) is 0 Å². The lowest BCUT2D eigenvalue weighted by molar-refractivity contribution is 0.582. The second kappa shape index (κ2) is 4.21. The number of aromatic nitrogens is 2. The zero-order valence-corrected chi connectivity index (χ0v) is 11.6. The summed E-state index contributed by atoms with van der Waals surface area (Å²) in [6.07, 6.45) is 0. The fourth-order valence-electron chi connectivity index (χ4n) is 2.43. The molecule has 0 fully saturated rings. The van der Waals surface area contributed by atoms with Gasteiger partial charge in [-0.25, -0.2) is 4.98 Å². The first-order valence-electron chi connectivity index (χ1n) is 6.02. The van der Waals surface area contributed by atoms with Gasteiger partial charge < -0.3 is 0 Å². The minimum absolute atomic E-state index is 0.0915. The van der Waals surface area contributed by atoms with Gasteiger partial charge >= 0.3 is 0 Å². The first kappa shape index (κ1) is 11.3. The van der Waals surface area contributed by atoms with E-state index in [-0.39, 0.29) is 11.6 Å². The second-order valence-electron chi connectivity index (χ2n) is 4.44. The number of thiophene rings is 1. The monoisotopic (exact) mass is 286 g/mol. The Bertz CT molecular complexity index is 807. The van der Waals surface area contributed by atoms with Gasteiger partial charge in [0.05, 0.1) is 11.6 Å². The lowest BCUT2D eigenvalue weighted by Gasteiger charge is -2.13. The first-order valence-corrected chi connectivity index (χ1v) is 7.88. The van der Waals surface area contributed by atoms with Crippen molar-refractivity contribution in [2.75, 3.05) is 5.75 Å². The van der Waals surface area contributed by atoms with Crippen molar-refractivity contribution in [3.8, 4) is 0 Å². The predicted molar refractivity (Wildman–Crippen MR) is 79.2 cm³/mol. The Morgan fingerprint density at radius 3 is 2.89 bits per heavy atom. The van der Waals surface area contributed by atoms with Crippen LogP contribution in [0.3, 0.4) is 0 Å². The maximum atomic E-state index is 12.6. The highest BCUT2D eigenvalue weighted by atomic mass is 32.2. The Morgan fingerprint density at radius 1 is 1.21 bits per heavy atom. The molecule has 1 atom stereocenters. The van der Waals surface area contributed by atoms with Crippen LogP contribution in [0.5, 0.6) is 0 Å². The maximum Gasteiger partial charge on any atom is 0.272 e. The zero-order chi connectivity index (χ0) is 12.8. The Hall–Kier alpha value is -1.59. The normalized spacial score (nSPS) is 17.8. The van der Waals surface area contributed by atoms with Crippen LogP contribution >= 0.6 is 23.1 Å². The van der Waals surface area contributed by atoms with Crippen LogP contribution in [0.15, 0.2) is 51.7 Å². The molecule has 0 bridgehead atoms. The Labute approximate surface area is 117 Å². The molecule has 0 aliphatic carbocycles. The summed E-state index contributed by atoms with van der Waals surface area (Å²) in [7, 11) is 0. The third-order valence-corrected chi connectivity index (χ3v) is 5.27. The summed E-state index contributed by atoms with van der Waals surface area (Å²) < 4.78 is 2.60. The summed E-state index contributed by atoms with van der Waals surface area (Å²) in [5.74, 6) is 0.878. The van der Waals surface area contributed by atoms with Gasteiger partial charge in [-0.1, -0.05) is 42.1 Å². The number of hydrogen-bond donors (Lipinski definition) is 0. The van der Waals surface area contributed by atoms with E-state index >= 15 is 0 Å². The van der Waals surface area contributed by atoms with Gasteiger partial charge in [-0.05, 0) is 17.0 Å². The van der Waals surface area contributed by atoms with Gasteiger partial charge in [-0.15, -0.1) is 11.3 Å². The van der Waals surface area contributed by atoms with Crippen LogP contribution in [0.2, 0.25) is 0 Å². The highest BCUT2D eigenvalue weighted by Gasteiger charge is 2.27. The highest BCUT2D eigenvalue weighted by molar-refractivity contribution is 7.99. The molecule has 3 nitrogen and oxygen atoms in total. The molecule has 0 saturated heterocycles.